The first kappa shape index (κ1) is 17.0. The lowest BCUT2D eigenvalue weighted by Crippen LogP contribution is -2.48. The second-order valence-electron chi connectivity index (χ2n) is 5.56. The molecule has 0 aliphatic carbocycles. The van der Waals surface area contributed by atoms with Crippen LogP contribution in [0.15, 0.2) is 29.2 Å². The summed E-state index contributed by atoms with van der Waals surface area (Å²) in [6, 6.07) is 7.74. The van der Waals surface area contributed by atoms with Gasteiger partial charge in [-0.25, -0.2) is 8.42 Å². The molecule has 0 bridgehead atoms. The molecule has 9 heteroatoms. The third-order valence-corrected chi connectivity index (χ3v) is 6.99. The van der Waals surface area contributed by atoms with E-state index in [9.17, 15) is 18.0 Å². The molecule has 2 aliphatic heterocycles. The molecular weight excluding hydrogens is 350 g/mol. The fourth-order valence-corrected chi connectivity index (χ4v) is 5.37. The quantitative estimate of drug-likeness (QED) is 0.803. The number of nitriles is 1. The van der Waals surface area contributed by atoms with E-state index < -0.39 is 10.0 Å². The van der Waals surface area contributed by atoms with Gasteiger partial charge in [0.05, 0.1) is 16.2 Å². The lowest BCUT2D eigenvalue weighted by molar-refractivity contribution is -0.126. The molecular formula is C15H15N3O4S2. The average molecular weight is 365 g/mol. The maximum absolute atomic E-state index is 12.7. The van der Waals surface area contributed by atoms with Crippen LogP contribution in [0.2, 0.25) is 0 Å². The van der Waals surface area contributed by atoms with Crippen LogP contribution < -0.4 is 0 Å². The van der Waals surface area contributed by atoms with Gasteiger partial charge in [-0.2, -0.15) is 9.57 Å². The van der Waals surface area contributed by atoms with Crippen molar-refractivity contribution in [2.45, 2.75) is 23.8 Å². The summed E-state index contributed by atoms with van der Waals surface area (Å²) in [5.41, 5.74) is 0.112. The zero-order chi connectivity index (χ0) is 17.3. The highest BCUT2D eigenvalue weighted by molar-refractivity contribution is 8.14. The van der Waals surface area contributed by atoms with Gasteiger partial charge in [-0.1, -0.05) is 23.9 Å². The van der Waals surface area contributed by atoms with Crippen molar-refractivity contribution in [2.75, 3.05) is 18.8 Å². The van der Waals surface area contributed by atoms with Crippen molar-refractivity contribution in [3.63, 3.8) is 0 Å². The van der Waals surface area contributed by atoms with Crippen molar-refractivity contribution in [3.8, 4) is 6.07 Å². The lowest BCUT2D eigenvalue weighted by atomic mass is 10.1. The summed E-state index contributed by atoms with van der Waals surface area (Å²) in [4.78, 5) is 24.8. The Morgan fingerprint density at radius 3 is 2.42 bits per heavy atom. The first-order valence-electron chi connectivity index (χ1n) is 7.43. The number of benzene rings is 1. The van der Waals surface area contributed by atoms with E-state index in [-0.39, 0.29) is 46.5 Å². The van der Waals surface area contributed by atoms with Crippen LogP contribution in [0, 0.1) is 11.3 Å². The molecule has 2 fully saturated rings. The minimum absolute atomic E-state index is 0.00479. The van der Waals surface area contributed by atoms with E-state index in [2.05, 4.69) is 0 Å². The van der Waals surface area contributed by atoms with Gasteiger partial charge in [0.2, 0.25) is 15.9 Å². The molecule has 0 spiro atoms. The molecule has 0 N–H and O–H groups in total. The molecule has 7 nitrogen and oxygen atoms in total. The van der Waals surface area contributed by atoms with Gasteiger partial charge in [-0.05, 0) is 25.0 Å². The van der Waals surface area contributed by atoms with Crippen LogP contribution in [0.1, 0.15) is 18.4 Å². The monoisotopic (exact) mass is 365 g/mol. The molecule has 2 amide bonds. The van der Waals surface area contributed by atoms with Crippen LogP contribution in [-0.4, -0.2) is 53.7 Å². The summed E-state index contributed by atoms with van der Waals surface area (Å²) in [5, 5.41) is 8.85. The van der Waals surface area contributed by atoms with Gasteiger partial charge in [0.25, 0.3) is 5.24 Å². The molecule has 1 aromatic rings. The number of carbonyl (C=O) groups is 2. The molecule has 1 aromatic carbocycles. The van der Waals surface area contributed by atoms with Crippen LogP contribution in [0.4, 0.5) is 4.79 Å². The average Bonchev–Trinajstić information content (AvgIpc) is 2.93. The maximum atomic E-state index is 12.7. The largest absolute Gasteiger partial charge is 0.289 e. The fourth-order valence-electron chi connectivity index (χ4n) is 2.98. The van der Waals surface area contributed by atoms with Crippen LogP contribution in [0.3, 0.4) is 0 Å². The number of nitrogens with zero attached hydrogens (tertiary/aromatic N) is 3. The number of sulfonamides is 1. The molecule has 0 atom stereocenters. The number of imide groups is 1. The van der Waals surface area contributed by atoms with Crippen molar-refractivity contribution in [2.24, 2.45) is 0 Å². The second kappa shape index (κ2) is 6.55. The zero-order valence-corrected chi connectivity index (χ0v) is 14.3. The molecule has 24 heavy (non-hydrogen) atoms. The van der Waals surface area contributed by atoms with Gasteiger partial charge >= 0.3 is 0 Å². The Hall–Kier alpha value is -1.89. The third-order valence-electron chi connectivity index (χ3n) is 4.20. The van der Waals surface area contributed by atoms with Gasteiger partial charge in [-0.15, -0.1) is 0 Å². The maximum Gasteiger partial charge on any atom is 0.289 e. The van der Waals surface area contributed by atoms with Crippen LogP contribution in [0.25, 0.3) is 0 Å². The topological polar surface area (TPSA) is 98.5 Å². The number of rotatable bonds is 3. The smallest absolute Gasteiger partial charge is 0.273 e. The Morgan fingerprint density at radius 1 is 1.17 bits per heavy atom. The Morgan fingerprint density at radius 2 is 1.83 bits per heavy atom. The number of thioether (sulfide) groups is 1. The number of hydrogen-bond donors (Lipinski definition) is 0. The van der Waals surface area contributed by atoms with Crippen LogP contribution in [-0.2, 0) is 14.8 Å². The van der Waals surface area contributed by atoms with E-state index in [1.807, 2.05) is 6.07 Å². The van der Waals surface area contributed by atoms with Crippen molar-refractivity contribution in [1.29, 1.82) is 5.26 Å². The second-order valence-corrected chi connectivity index (χ2v) is 8.39. The summed E-state index contributed by atoms with van der Waals surface area (Å²) >= 11 is 0.985. The van der Waals surface area contributed by atoms with Crippen molar-refractivity contribution in [1.82, 2.24) is 9.21 Å². The van der Waals surface area contributed by atoms with Crippen molar-refractivity contribution >= 4 is 32.9 Å². The minimum Gasteiger partial charge on any atom is -0.273 e. The number of carbonyl (C=O) groups excluding carboxylic acids is 2. The molecule has 2 aliphatic rings. The summed E-state index contributed by atoms with van der Waals surface area (Å²) in [7, 11) is -3.76. The summed E-state index contributed by atoms with van der Waals surface area (Å²) in [6.45, 7) is 0.434. The summed E-state index contributed by atoms with van der Waals surface area (Å²) in [5.74, 6) is -0.0477. The van der Waals surface area contributed by atoms with E-state index in [0.29, 0.717) is 12.8 Å². The molecule has 0 aromatic heterocycles. The first-order valence-corrected chi connectivity index (χ1v) is 9.86. The Balaban J connectivity index is 1.76. The standard InChI is InChI=1S/C15H15N3O4S2/c16-9-11-3-1-2-4-13(11)24(21,22)17-7-5-12(6-8-17)18-14(19)10-23-15(18)20/h1-4,12H,5-8,10H2. The number of amides is 2. The Labute approximate surface area is 144 Å². The molecule has 0 saturated carbocycles. The minimum atomic E-state index is -3.76. The van der Waals surface area contributed by atoms with Gasteiger partial charge in [0, 0.05) is 19.1 Å². The number of piperidine rings is 1. The van der Waals surface area contributed by atoms with Gasteiger partial charge in [-0.3, -0.25) is 14.5 Å². The van der Waals surface area contributed by atoms with Crippen molar-refractivity contribution in [3.05, 3.63) is 29.8 Å². The molecule has 0 radical (unpaired) electrons. The Bertz CT molecular complexity index is 807. The van der Waals surface area contributed by atoms with Gasteiger partial charge in [0.1, 0.15) is 6.07 Å². The van der Waals surface area contributed by atoms with Crippen molar-refractivity contribution < 1.29 is 18.0 Å². The van der Waals surface area contributed by atoms with Crippen LogP contribution >= 0.6 is 11.8 Å². The van der Waals surface area contributed by atoms with Gasteiger partial charge < -0.3 is 0 Å². The highest BCUT2D eigenvalue weighted by atomic mass is 32.2. The van der Waals surface area contributed by atoms with E-state index in [0.717, 1.165) is 11.8 Å². The SMILES string of the molecule is N#Cc1ccccc1S(=O)(=O)N1CCC(N2C(=O)CSC2=O)CC1. The molecule has 126 valence electrons. The summed E-state index contributed by atoms with van der Waals surface area (Å²) < 4.78 is 26.8. The highest BCUT2D eigenvalue weighted by Gasteiger charge is 2.39. The van der Waals surface area contributed by atoms with E-state index >= 15 is 0 Å². The predicted molar refractivity (Wildman–Crippen MR) is 87.6 cm³/mol. The van der Waals surface area contributed by atoms with Gasteiger partial charge in [0.15, 0.2) is 0 Å². The van der Waals surface area contributed by atoms with Crippen LogP contribution in [0.5, 0.6) is 0 Å². The first-order chi connectivity index (χ1) is 11.4. The molecule has 2 saturated heterocycles. The van der Waals surface area contributed by atoms with E-state index in [1.54, 1.807) is 12.1 Å². The Kier molecular flexibility index (Phi) is 4.62. The lowest BCUT2D eigenvalue weighted by Gasteiger charge is -2.34. The third kappa shape index (κ3) is 2.92. The molecule has 2 heterocycles. The van der Waals surface area contributed by atoms with E-state index in [1.165, 1.54) is 21.3 Å². The predicted octanol–water partition coefficient (Wildman–Crippen LogP) is 1.41. The zero-order valence-electron chi connectivity index (χ0n) is 12.7. The number of hydrogen-bond acceptors (Lipinski definition) is 6. The summed E-state index contributed by atoms with van der Waals surface area (Å²) in [6.07, 6.45) is 0.817. The molecule has 3 rings (SSSR count). The van der Waals surface area contributed by atoms with E-state index in [4.69, 9.17) is 5.26 Å². The molecule has 0 unspecified atom stereocenters. The highest BCUT2D eigenvalue weighted by Crippen LogP contribution is 2.29. The normalized spacial score (nSPS) is 20.4. The fraction of sp³-hybridized carbons (Fsp3) is 0.400.